The molecule has 2 N–H and O–H groups in total. The molecule has 0 saturated carbocycles. The van der Waals surface area contributed by atoms with Crippen LogP contribution in [0.2, 0.25) is 5.02 Å². The van der Waals surface area contributed by atoms with Crippen molar-refractivity contribution in [3.63, 3.8) is 0 Å². The highest BCUT2D eigenvalue weighted by Gasteiger charge is 2.27. The van der Waals surface area contributed by atoms with Gasteiger partial charge in [-0.25, -0.2) is 9.59 Å². The van der Waals surface area contributed by atoms with Gasteiger partial charge in [-0.1, -0.05) is 11.6 Å². The number of hydrogen-bond donors (Lipinski definition) is 2. The molecular weight excluding hydrogens is 412 g/mol. The highest BCUT2D eigenvalue weighted by molar-refractivity contribution is 6.30. The predicted molar refractivity (Wildman–Crippen MR) is 112 cm³/mol. The third-order valence-corrected chi connectivity index (χ3v) is 4.85. The predicted octanol–water partition coefficient (Wildman–Crippen LogP) is 3.25. The second kappa shape index (κ2) is 10.0. The zero-order valence-electron chi connectivity index (χ0n) is 17.7. The van der Waals surface area contributed by atoms with Gasteiger partial charge in [0.05, 0.1) is 0 Å². The van der Waals surface area contributed by atoms with Crippen molar-refractivity contribution in [1.29, 1.82) is 0 Å². The molecule has 8 nitrogen and oxygen atoms in total. The molecule has 9 heteroatoms. The van der Waals surface area contributed by atoms with E-state index in [-0.39, 0.29) is 18.4 Å². The Bertz CT molecular complexity index is 784. The molecule has 30 heavy (non-hydrogen) atoms. The minimum Gasteiger partial charge on any atom is -0.490 e. The van der Waals surface area contributed by atoms with Gasteiger partial charge in [-0.05, 0) is 44.5 Å². The lowest BCUT2D eigenvalue weighted by atomic mass is 10.0. The largest absolute Gasteiger partial charge is 0.490 e. The number of nitrogens with zero attached hydrogens (tertiary/aromatic N) is 1. The number of amides is 2. The molecule has 1 aliphatic heterocycles. The van der Waals surface area contributed by atoms with Gasteiger partial charge in [0.15, 0.2) is 0 Å². The summed E-state index contributed by atoms with van der Waals surface area (Å²) < 4.78 is 11.3. The zero-order chi connectivity index (χ0) is 22.5. The number of benzene rings is 1. The first-order chi connectivity index (χ1) is 13.9. The van der Waals surface area contributed by atoms with Crippen molar-refractivity contribution in [2.75, 3.05) is 13.1 Å². The van der Waals surface area contributed by atoms with Crippen molar-refractivity contribution < 1.29 is 29.0 Å². The molecule has 2 amide bonds. The first-order valence-corrected chi connectivity index (χ1v) is 10.3. The molecule has 1 saturated heterocycles. The van der Waals surface area contributed by atoms with Crippen molar-refractivity contribution in [2.45, 2.75) is 64.7 Å². The topological polar surface area (TPSA) is 105 Å². The van der Waals surface area contributed by atoms with E-state index in [2.05, 4.69) is 5.32 Å². The SMILES string of the molecule is CC(=O)N1CCC(Oc2ccc(Cl)cc2C[C@H](NC(=O)OC(C)(C)C)C(=O)O)CC1. The number of carbonyl (C=O) groups is 3. The summed E-state index contributed by atoms with van der Waals surface area (Å²) in [5.74, 6) is -0.641. The highest BCUT2D eigenvalue weighted by Crippen LogP contribution is 2.27. The summed E-state index contributed by atoms with van der Waals surface area (Å²) in [6, 6.07) is 3.79. The maximum atomic E-state index is 12.0. The summed E-state index contributed by atoms with van der Waals surface area (Å²) in [4.78, 5) is 37.0. The molecule has 0 aliphatic carbocycles. The number of carbonyl (C=O) groups excluding carboxylic acids is 2. The van der Waals surface area contributed by atoms with E-state index in [0.29, 0.717) is 42.3 Å². The van der Waals surface area contributed by atoms with Gasteiger partial charge in [-0.15, -0.1) is 0 Å². The Morgan fingerprint density at radius 2 is 1.90 bits per heavy atom. The summed E-state index contributed by atoms with van der Waals surface area (Å²) >= 11 is 6.11. The summed E-state index contributed by atoms with van der Waals surface area (Å²) in [5.41, 5.74) is -0.174. The number of piperidine rings is 1. The number of rotatable bonds is 6. The Morgan fingerprint density at radius 1 is 1.27 bits per heavy atom. The minimum absolute atomic E-state index is 0.0171. The highest BCUT2D eigenvalue weighted by atomic mass is 35.5. The van der Waals surface area contributed by atoms with Gasteiger partial charge in [0, 0.05) is 44.3 Å². The number of halogens is 1. The molecule has 0 spiro atoms. The van der Waals surface area contributed by atoms with Crippen LogP contribution in [0, 0.1) is 0 Å². The average molecular weight is 441 g/mol. The van der Waals surface area contributed by atoms with E-state index < -0.39 is 23.7 Å². The fourth-order valence-corrected chi connectivity index (χ4v) is 3.36. The fraction of sp³-hybridized carbons (Fsp3) is 0.571. The third-order valence-electron chi connectivity index (χ3n) is 4.62. The number of hydrogen-bond acceptors (Lipinski definition) is 5. The molecule has 1 aromatic rings. The molecule has 0 bridgehead atoms. The lowest BCUT2D eigenvalue weighted by Gasteiger charge is -2.32. The smallest absolute Gasteiger partial charge is 0.408 e. The Morgan fingerprint density at radius 3 is 2.43 bits per heavy atom. The quantitative estimate of drug-likeness (QED) is 0.703. The molecule has 166 valence electrons. The van der Waals surface area contributed by atoms with Crippen molar-refractivity contribution in [2.24, 2.45) is 0 Å². The van der Waals surface area contributed by atoms with E-state index in [4.69, 9.17) is 21.1 Å². The first-order valence-electron chi connectivity index (χ1n) is 9.87. The maximum absolute atomic E-state index is 12.0. The van der Waals surface area contributed by atoms with Crippen LogP contribution in [0.5, 0.6) is 5.75 Å². The molecule has 0 radical (unpaired) electrons. The lowest BCUT2D eigenvalue weighted by Crippen LogP contribution is -2.44. The number of aliphatic carboxylic acids is 1. The van der Waals surface area contributed by atoms with Crippen molar-refractivity contribution in [3.05, 3.63) is 28.8 Å². The van der Waals surface area contributed by atoms with Gasteiger partial charge < -0.3 is 24.8 Å². The van der Waals surface area contributed by atoms with Gasteiger partial charge >= 0.3 is 12.1 Å². The van der Waals surface area contributed by atoms with E-state index in [1.54, 1.807) is 50.8 Å². The number of carboxylic acid groups (broad SMARTS) is 1. The second-order valence-electron chi connectivity index (χ2n) is 8.32. The Hall–Kier alpha value is -2.48. The van der Waals surface area contributed by atoms with E-state index in [9.17, 15) is 19.5 Å². The van der Waals surface area contributed by atoms with E-state index >= 15 is 0 Å². The van der Waals surface area contributed by atoms with Crippen LogP contribution < -0.4 is 10.1 Å². The molecule has 1 aliphatic rings. The summed E-state index contributed by atoms with van der Waals surface area (Å²) in [5, 5.41) is 12.4. The van der Waals surface area contributed by atoms with E-state index in [1.807, 2.05) is 0 Å². The van der Waals surface area contributed by atoms with Crippen LogP contribution in [0.1, 0.15) is 46.1 Å². The van der Waals surface area contributed by atoms with Crippen LogP contribution in [0.3, 0.4) is 0 Å². The van der Waals surface area contributed by atoms with Crippen LogP contribution in [-0.4, -0.2) is 58.8 Å². The average Bonchev–Trinajstić information content (AvgIpc) is 2.62. The summed E-state index contributed by atoms with van der Waals surface area (Å²) in [7, 11) is 0. The minimum atomic E-state index is -1.21. The van der Waals surface area contributed by atoms with Gasteiger partial charge in [-0.3, -0.25) is 4.79 Å². The monoisotopic (exact) mass is 440 g/mol. The van der Waals surface area contributed by atoms with Gasteiger partial charge in [0.2, 0.25) is 5.91 Å². The number of nitrogens with one attached hydrogen (secondary N) is 1. The van der Waals surface area contributed by atoms with Crippen molar-refractivity contribution >= 4 is 29.6 Å². The second-order valence-corrected chi connectivity index (χ2v) is 8.75. The molecule has 1 heterocycles. The van der Waals surface area contributed by atoms with Crippen LogP contribution in [0.25, 0.3) is 0 Å². The zero-order valence-corrected chi connectivity index (χ0v) is 18.5. The summed E-state index contributed by atoms with van der Waals surface area (Å²) in [6.45, 7) is 7.86. The lowest BCUT2D eigenvalue weighted by molar-refractivity contribution is -0.139. The van der Waals surface area contributed by atoms with Gasteiger partial charge in [-0.2, -0.15) is 0 Å². The normalized spacial score (nSPS) is 16.0. The molecule has 0 aromatic heterocycles. The number of carboxylic acids is 1. The first kappa shape index (κ1) is 23.8. The van der Waals surface area contributed by atoms with Crippen LogP contribution in [-0.2, 0) is 20.7 Å². The molecule has 2 rings (SSSR count). The molecule has 1 fully saturated rings. The third kappa shape index (κ3) is 7.40. The number of likely N-dealkylation sites (tertiary alicyclic amines) is 1. The molecule has 0 unspecified atom stereocenters. The fourth-order valence-electron chi connectivity index (χ4n) is 3.16. The number of ether oxygens (including phenoxy) is 2. The van der Waals surface area contributed by atoms with Crippen LogP contribution in [0.4, 0.5) is 4.79 Å². The van der Waals surface area contributed by atoms with Gasteiger partial charge in [0.25, 0.3) is 0 Å². The summed E-state index contributed by atoms with van der Waals surface area (Å²) in [6.07, 6.45) is 0.440. The molecular formula is C21H29ClN2O6. The number of alkyl carbamates (subject to hydrolysis) is 1. The van der Waals surface area contributed by atoms with Crippen molar-refractivity contribution in [1.82, 2.24) is 10.2 Å². The Labute approximate surface area is 181 Å². The molecule has 1 atom stereocenters. The van der Waals surface area contributed by atoms with E-state index in [1.165, 1.54) is 0 Å². The Balaban J connectivity index is 2.10. The van der Waals surface area contributed by atoms with Crippen LogP contribution in [0.15, 0.2) is 18.2 Å². The standard InChI is InChI=1S/C21H29ClN2O6/c1-13(25)24-9-7-16(8-10-24)29-18-6-5-15(22)11-14(18)12-17(19(26)27)23-20(28)30-21(2,3)4/h5-6,11,16-17H,7-10,12H2,1-4H3,(H,23,28)(H,26,27)/t17-/m0/s1. The van der Waals surface area contributed by atoms with E-state index in [0.717, 1.165) is 0 Å². The Kier molecular flexibility index (Phi) is 7.95. The van der Waals surface area contributed by atoms with Crippen LogP contribution >= 0.6 is 11.6 Å². The maximum Gasteiger partial charge on any atom is 0.408 e. The molecule has 1 aromatic carbocycles. The van der Waals surface area contributed by atoms with Gasteiger partial charge in [0.1, 0.15) is 23.5 Å². The van der Waals surface area contributed by atoms with Crippen molar-refractivity contribution in [3.8, 4) is 5.75 Å².